The van der Waals surface area contributed by atoms with E-state index in [-0.39, 0.29) is 0 Å². The van der Waals surface area contributed by atoms with Crippen LogP contribution in [-0.4, -0.2) is 4.98 Å². The fraction of sp³-hybridized carbons (Fsp3) is 0.182. The standard InChI is InChI=1S/C6H8S.C5H5N/c1-2-6-4-3-5-7-6;1-2-4-6-5-3-1/h3-5H,2H2,1H3;1-5H. The molecule has 2 heterocycles. The molecule has 0 aromatic carbocycles. The summed E-state index contributed by atoms with van der Waals surface area (Å²) in [7, 11) is 0. The maximum absolute atomic E-state index is 3.78. The van der Waals surface area contributed by atoms with Crippen molar-refractivity contribution in [2.24, 2.45) is 0 Å². The highest BCUT2D eigenvalue weighted by Gasteiger charge is 1.82. The van der Waals surface area contributed by atoms with Gasteiger partial charge in [0.2, 0.25) is 0 Å². The zero-order valence-corrected chi connectivity index (χ0v) is 8.50. The number of pyridine rings is 1. The van der Waals surface area contributed by atoms with E-state index >= 15 is 0 Å². The van der Waals surface area contributed by atoms with E-state index in [0.29, 0.717) is 0 Å². The summed E-state index contributed by atoms with van der Waals surface area (Å²) in [6.45, 7) is 2.17. The first-order valence-corrected chi connectivity index (χ1v) is 5.19. The Kier molecular flexibility index (Phi) is 4.87. The van der Waals surface area contributed by atoms with E-state index < -0.39 is 0 Å². The first-order chi connectivity index (χ1) is 6.43. The molecule has 0 atom stereocenters. The van der Waals surface area contributed by atoms with Crippen molar-refractivity contribution in [1.29, 1.82) is 0 Å². The van der Waals surface area contributed by atoms with Crippen molar-refractivity contribution in [1.82, 2.24) is 4.98 Å². The van der Waals surface area contributed by atoms with Gasteiger partial charge in [0.05, 0.1) is 0 Å². The molecule has 0 spiro atoms. The lowest BCUT2D eigenvalue weighted by molar-refractivity contribution is 1.19. The van der Waals surface area contributed by atoms with Gasteiger partial charge in [-0.1, -0.05) is 19.1 Å². The van der Waals surface area contributed by atoms with Crippen molar-refractivity contribution < 1.29 is 0 Å². The molecule has 2 aromatic heterocycles. The van der Waals surface area contributed by atoms with Crippen LogP contribution in [0, 0.1) is 0 Å². The van der Waals surface area contributed by atoms with E-state index in [0.717, 1.165) is 0 Å². The van der Waals surface area contributed by atoms with Gasteiger partial charge < -0.3 is 0 Å². The van der Waals surface area contributed by atoms with E-state index in [1.165, 1.54) is 11.3 Å². The van der Waals surface area contributed by atoms with Gasteiger partial charge in [0.25, 0.3) is 0 Å². The van der Waals surface area contributed by atoms with Gasteiger partial charge in [-0.25, -0.2) is 0 Å². The highest BCUT2D eigenvalue weighted by atomic mass is 32.1. The fourth-order valence-electron chi connectivity index (χ4n) is 0.826. The second-order valence-corrected chi connectivity index (χ2v) is 3.49. The van der Waals surface area contributed by atoms with Crippen LogP contribution < -0.4 is 0 Å². The van der Waals surface area contributed by atoms with Gasteiger partial charge in [0, 0.05) is 17.3 Å². The highest BCUT2D eigenvalue weighted by molar-refractivity contribution is 7.09. The molecule has 0 saturated heterocycles. The molecule has 2 aromatic rings. The van der Waals surface area contributed by atoms with Crippen molar-refractivity contribution in [3.05, 3.63) is 53.0 Å². The molecule has 0 bridgehead atoms. The Hall–Kier alpha value is -1.15. The predicted molar refractivity (Wildman–Crippen MR) is 57.9 cm³/mol. The van der Waals surface area contributed by atoms with Crippen LogP contribution >= 0.6 is 11.3 Å². The highest BCUT2D eigenvalue weighted by Crippen LogP contribution is 2.07. The molecule has 0 radical (unpaired) electrons. The third-order valence-electron chi connectivity index (χ3n) is 1.50. The van der Waals surface area contributed by atoms with Crippen LogP contribution in [0.25, 0.3) is 0 Å². The molecule has 0 N–H and O–H groups in total. The first-order valence-electron chi connectivity index (χ1n) is 4.31. The van der Waals surface area contributed by atoms with Crippen molar-refractivity contribution in [2.45, 2.75) is 13.3 Å². The summed E-state index contributed by atoms with van der Waals surface area (Å²) in [6, 6.07) is 9.96. The van der Waals surface area contributed by atoms with E-state index in [2.05, 4.69) is 29.4 Å². The quantitative estimate of drug-likeness (QED) is 0.673. The molecule has 2 rings (SSSR count). The number of thiophene rings is 1. The van der Waals surface area contributed by atoms with E-state index in [1.54, 1.807) is 12.4 Å². The molecule has 2 heteroatoms. The number of aryl methyl sites for hydroxylation is 1. The zero-order valence-electron chi connectivity index (χ0n) is 7.68. The van der Waals surface area contributed by atoms with Gasteiger partial charge in [-0.2, -0.15) is 0 Å². The van der Waals surface area contributed by atoms with Crippen LogP contribution in [0.5, 0.6) is 0 Å². The van der Waals surface area contributed by atoms with Crippen molar-refractivity contribution in [2.75, 3.05) is 0 Å². The lowest BCUT2D eigenvalue weighted by Crippen LogP contribution is -1.63. The second-order valence-electron chi connectivity index (χ2n) is 2.46. The summed E-state index contributed by atoms with van der Waals surface area (Å²) in [5.41, 5.74) is 0. The van der Waals surface area contributed by atoms with Crippen molar-refractivity contribution >= 4 is 11.3 Å². The maximum Gasteiger partial charge on any atom is 0.0267 e. The van der Waals surface area contributed by atoms with E-state index in [1.807, 2.05) is 29.5 Å². The number of rotatable bonds is 1. The topological polar surface area (TPSA) is 12.9 Å². The molecule has 0 aliphatic heterocycles. The fourth-order valence-corrected chi connectivity index (χ4v) is 1.48. The summed E-state index contributed by atoms with van der Waals surface area (Å²) in [4.78, 5) is 5.26. The number of nitrogens with zero attached hydrogens (tertiary/aromatic N) is 1. The molecule has 13 heavy (non-hydrogen) atoms. The molecule has 0 aliphatic carbocycles. The van der Waals surface area contributed by atoms with Gasteiger partial charge in [0.1, 0.15) is 0 Å². The van der Waals surface area contributed by atoms with Crippen molar-refractivity contribution in [3.8, 4) is 0 Å². The van der Waals surface area contributed by atoms with Crippen LogP contribution in [0.2, 0.25) is 0 Å². The first kappa shape index (κ1) is 9.93. The van der Waals surface area contributed by atoms with Crippen LogP contribution in [0.3, 0.4) is 0 Å². The Morgan fingerprint density at radius 2 is 1.92 bits per heavy atom. The minimum atomic E-state index is 1.18. The lowest BCUT2D eigenvalue weighted by atomic mass is 10.4. The van der Waals surface area contributed by atoms with Crippen LogP contribution in [0.1, 0.15) is 11.8 Å². The zero-order chi connectivity index (χ0) is 9.36. The molecule has 0 amide bonds. The molecule has 68 valence electrons. The maximum atomic E-state index is 3.78. The summed E-state index contributed by atoms with van der Waals surface area (Å²) < 4.78 is 0. The lowest BCUT2D eigenvalue weighted by Gasteiger charge is -1.78. The van der Waals surface area contributed by atoms with E-state index in [9.17, 15) is 0 Å². The smallest absolute Gasteiger partial charge is 0.0267 e. The summed E-state index contributed by atoms with van der Waals surface area (Å²) in [6.07, 6.45) is 4.68. The number of hydrogen-bond donors (Lipinski definition) is 0. The second kappa shape index (κ2) is 6.38. The third kappa shape index (κ3) is 4.43. The van der Waals surface area contributed by atoms with Gasteiger partial charge >= 0.3 is 0 Å². The van der Waals surface area contributed by atoms with Crippen LogP contribution in [0.4, 0.5) is 0 Å². The Morgan fingerprint density at radius 1 is 1.15 bits per heavy atom. The molecule has 0 saturated carbocycles. The Bertz CT molecular complexity index is 262. The Morgan fingerprint density at radius 3 is 2.15 bits per heavy atom. The van der Waals surface area contributed by atoms with Gasteiger partial charge in [-0.3, -0.25) is 4.98 Å². The molecule has 1 nitrogen and oxygen atoms in total. The van der Waals surface area contributed by atoms with Gasteiger partial charge in [0.15, 0.2) is 0 Å². The molecule has 0 aliphatic rings. The van der Waals surface area contributed by atoms with Crippen molar-refractivity contribution in [3.63, 3.8) is 0 Å². The number of hydrogen-bond acceptors (Lipinski definition) is 2. The average molecular weight is 191 g/mol. The largest absolute Gasteiger partial charge is 0.265 e. The summed E-state index contributed by atoms with van der Waals surface area (Å²) in [5, 5.41) is 2.11. The van der Waals surface area contributed by atoms with Crippen LogP contribution in [0.15, 0.2) is 48.1 Å². The summed E-state index contributed by atoms with van der Waals surface area (Å²) >= 11 is 1.82. The predicted octanol–water partition coefficient (Wildman–Crippen LogP) is 3.39. The summed E-state index contributed by atoms with van der Waals surface area (Å²) in [5.74, 6) is 0. The van der Waals surface area contributed by atoms with Crippen LogP contribution in [-0.2, 0) is 6.42 Å². The average Bonchev–Trinajstić information content (AvgIpc) is 2.74. The van der Waals surface area contributed by atoms with E-state index in [4.69, 9.17) is 0 Å². The Balaban J connectivity index is 0.000000132. The SMILES string of the molecule is CCc1cccs1.c1ccncc1. The Labute approximate surface area is 83.1 Å². The third-order valence-corrected chi connectivity index (χ3v) is 2.52. The van der Waals surface area contributed by atoms with Gasteiger partial charge in [-0.15, -0.1) is 11.3 Å². The molecule has 0 unspecified atom stereocenters. The minimum absolute atomic E-state index is 1.18. The van der Waals surface area contributed by atoms with Gasteiger partial charge in [-0.05, 0) is 30.0 Å². The monoisotopic (exact) mass is 191 g/mol. The molecule has 0 fully saturated rings. The molecular formula is C11H13NS. The minimum Gasteiger partial charge on any atom is -0.265 e. The number of aromatic nitrogens is 1. The molecular weight excluding hydrogens is 178 g/mol. The normalized spacial score (nSPS) is 8.69.